The highest BCUT2D eigenvalue weighted by Gasteiger charge is 2.19. The van der Waals surface area contributed by atoms with Crippen LogP contribution in [-0.4, -0.2) is 31.6 Å². The Morgan fingerprint density at radius 1 is 1.47 bits per heavy atom. The van der Waals surface area contributed by atoms with Crippen molar-refractivity contribution in [2.24, 2.45) is 19.8 Å². The SMILES string of the molecule is Cc1nn(C)c(N(C)Cc2cnn(C)c2)c1C(N)=S. The monoisotopic (exact) mass is 278 g/mol. The molecule has 0 bridgehead atoms. The van der Waals surface area contributed by atoms with Gasteiger partial charge in [0, 0.05) is 39.4 Å². The molecule has 0 aliphatic rings. The number of nitrogens with two attached hydrogens (primary N) is 1. The summed E-state index contributed by atoms with van der Waals surface area (Å²) < 4.78 is 3.59. The smallest absolute Gasteiger partial charge is 0.137 e. The van der Waals surface area contributed by atoms with Crippen molar-refractivity contribution in [3.05, 3.63) is 29.2 Å². The number of hydrogen-bond acceptors (Lipinski definition) is 4. The molecule has 102 valence electrons. The standard InChI is InChI=1S/C12H18N6S/c1-8-10(11(13)19)12(18(4)15-8)16(2)6-9-5-14-17(3)7-9/h5,7H,6H2,1-4H3,(H2,13,19). The molecule has 7 heteroatoms. The Morgan fingerprint density at radius 3 is 2.68 bits per heavy atom. The fourth-order valence-electron chi connectivity index (χ4n) is 2.27. The third-order valence-electron chi connectivity index (χ3n) is 2.98. The average Bonchev–Trinajstić information content (AvgIpc) is 2.82. The van der Waals surface area contributed by atoms with E-state index in [0.717, 1.165) is 29.2 Å². The molecule has 0 saturated heterocycles. The van der Waals surface area contributed by atoms with E-state index in [4.69, 9.17) is 18.0 Å². The molecule has 2 aromatic rings. The van der Waals surface area contributed by atoms with E-state index >= 15 is 0 Å². The summed E-state index contributed by atoms with van der Waals surface area (Å²) >= 11 is 5.12. The van der Waals surface area contributed by atoms with E-state index in [1.54, 1.807) is 9.36 Å². The summed E-state index contributed by atoms with van der Waals surface area (Å²) in [6, 6.07) is 0. The molecule has 0 aliphatic carbocycles. The summed E-state index contributed by atoms with van der Waals surface area (Å²) in [4.78, 5) is 2.45. The Kier molecular flexibility index (Phi) is 3.57. The Morgan fingerprint density at radius 2 is 2.16 bits per heavy atom. The molecule has 2 heterocycles. The first kappa shape index (κ1) is 13.5. The summed E-state index contributed by atoms with van der Waals surface area (Å²) in [5.41, 5.74) is 8.61. The summed E-state index contributed by atoms with van der Waals surface area (Å²) in [6.07, 6.45) is 3.83. The van der Waals surface area contributed by atoms with Crippen LogP contribution in [0.4, 0.5) is 5.82 Å². The van der Waals surface area contributed by atoms with Crippen molar-refractivity contribution in [1.29, 1.82) is 0 Å². The van der Waals surface area contributed by atoms with Gasteiger partial charge in [-0.2, -0.15) is 10.2 Å². The molecule has 0 radical (unpaired) electrons. The zero-order valence-electron chi connectivity index (χ0n) is 11.6. The lowest BCUT2D eigenvalue weighted by molar-refractivity contribution is 0.726. The lowest BCUT2D eigenvalue weighted by atomic mass is 10.2. The molecule has 2 aromatic heterocycles. The van der Waals surface area contributed by atoms with E-state index in [9.17, 15) is 0 Å². The van der Waals surface area contributed by atoms with Crippen molar-refractivity contribution in [3.8, 4) is 0 Å². The van der Waals surface area contributed by atoms with E-state index in [1.165, 1.54) is 0 Å². The minimum atomic E-state index is 0.374. The molecule has 0 fully saturated rings. The van der Waals surface area contributed by atoms with E-state index in [0.29, 0.717) is 4.99 Å². The highest BCUT2D eigenvalue weighted by molar-refractivity contribution is 7.80. The molecule has 2 N–H and O–H groups in total. The molecule has 19 heavy (non-hydrogen) atoms. The number of anilines is 1. The largest absolute Gasteiger partial charge is 0.389 e. The molecule has 0 unspecified atom stereocenters. The van der Waals surface area contributed by atoms with Crippen LogP contribution in [0.1, 0.15) is 16.8 Å². The van der Waals surface area contributed by atoms with Crippen LogP contribution in [-0.2, 0) is 20.6 Å². The molecule has 0 atom stereocenters. The second-order valence-corrected chi connectivity index (χ2v) is 5.09. The predicted molar refractivity (Wildman–Crippen MR) is 79.1 cm³/mol. The third-order valence-corrected chi connectivity index (χ3v) is 3.18. The summed E-state index contributed by atoms with van der Waals surface area (Å²) in [7, 11) is 5.78. The van der Waals surface area contributed by atoms with E-state index in [1.807, 2.05) is 40.5 Å². The first-order valence-electron chi connectivity index (χ1n) is 5.92. The Balaban J connectivity index is 2.33. The van der Waals surface area contributed by atoms with Gasteiger partial charge in [-0.15, -0.1) is 0 Å². The van der Waals surface area contributed by atoms with E-state index in [2.05, 4.69) is 15.1 Å². The topological polar surface area (TPSA) is 64.9 Å². The third kappa shape index (κ3) is 2.60. The second-order valence-electron chi connectivity index (χ2n) is 4.65. The van der Waals surface area contributed by atoms with E-state index < -0.39 is 0 Å². The van der Waals surface area contributed by atoms with Crippen LogP contribution in [0.2, 0.25) is 0 Å². The van der Waals surface area contributed by atoms with Gasteiger partial charge in [0.1, 0.15) is 10.8 Å². The number of nitrogens with zero attached hydrogens (tertiary/aromatic N) is 5. The van der Waals surface area contributed by atoms with Gasteiger partial charge in [0.05, 0.1) is 17.5 Å². The maximum absolute atomic E-state index is 5.80. The Hall–Kier alpha value is -1.89. The van der Waals surface area contributed by atoms with Crippen LogP contribution in [0, 0.1) is 6.92 Å². The fourth-order valence-corrected chi connectivity index (χ4v) is 2.51. The number of thiocarbonyl (C=S) groups is 1. The Labute approximate surface area is 117 Å². The summed E-state index contributed by atoms with van der Waals surface area (Å²) in [6.45, 7) is 2.64. The van der Waals surface area contributed by atoms with Crippen molar-refractivity contribution >= 4 is 23.0 Å². The maximum Gasteiger partial charge on any atom is 0.137 e. The first-order chi connectivity index (χ1) is 8.90. The van der Waals surface area contributed by atoms with Crippen molar-refractivity contribution in [2.45, 2.75) is 13.5 Å². The van der Waals surface area contributed by atoms with Crippen LogP contribution in [0.25, 0.3) is 0 Å². The van der Waals surface area contributed by atoms with Crippen LogP contribution in [0.3, 0.4) is 0 Å². The molecule has 0 saturated carbocycles. The number of hydrogen-bond donors (Lipinski definition) is 1. The molecule has 0 spiro atoms. The molecule has 0 amide bonds. The maximum atomic E-state index is 5.80. The van der Waals surface area contributed by atoms with Crippen molar-refractivity contribution in [3.63, 3.8) is 0 Å². The van der Waals surface area contributed by atoms with Crippen molar-refractivity contribution < 1.29 is 0 Å². The second kappa shape index (κ2) is 5.00. The number of aromatic nitrogens is 4. The number of rotatable bonds is 4. The van der Waals surface area contributed by atoms with Crippen LogP contribution >= 0.6 is 12.2 Å². The van der Waals surface area contributed by atoms with Gasteiger partial charge in [-0.25, -0.2) is 0 Å². The zero-order chi connectivity index (χ0) is 14.2. The fraction of sp³-hybridized carbons (Fsp3) is 0.417. The van der Waals surface area contributed by atoms with Gasteiger partial charge < -0.3 is 10.6 Å². The van der Waals surface area contributed by atoms with Crippen LogP contribution in [0.5, 0.6) is 0 Å². The van der Waals surface area contributed by atoms with Gasteiger partial charge in [-0.05, 0) is 6.92 Å². The van der Waals surface area contributed by atoms with Gasteiger partial charge in [0.15, 0.2) is 0 Å². The molecular weight excluding hydrogens is 260 g/mol. The highest BCUT2D eigenvalue weighted by Crippen LogP contribution is 2.23. The first-order valence-corrected chi connectivity index (χ1v) is 6.33. The summed E-state index contributed by atoms with van der Waals surface area (Å²) in [5, 5.41) is 8.55. The van der Waals surface area contributed by atoms with E-state index in [-0.39, 0.29) is 0 Å². The molecule has 6 nitrogen and oxygen atoms in total. The van der Waals surface area contributed by atoms with Gasteiger partial charge >= 0.3 is 0 Å². The molecule has 2 rings (SSSR count). The molecule has 0 aliphatic heterocycles. The Bertz CT molecular complexity index is 612. The molecule has 0 aromatic carbocycles. The number of aryl methyl sites for hydroxylation is 3. The lowest BCUT2D eigenvalue weighted by Crippen LogP contribution is -2.23. The summed E-state index contributed by atoms with van der Waals surface area (Å²) in [5.74, 6) is 0.925. The predicted octanol–water partition coefficient (Wildman–Crippen LogP) is 0.733. The van der Waals surface area contributed by atoms with Crippen molar-refractivity contribution in [2.75, 3.05) is 11.9 Å². The van der Waals surface area contributed by atoms with Gasteiger partial charge in [0.2, 0.25) is 0 Å². The van der Waals surface area contributed by atoms with Gasteiger partial charge in [-0.1, -0.05) is 12.2 Å². The van der Waals surface area contributed by atoms with Gasteiger partial charge in [0.25, 0.3) is 0 Å². The zero-order valence-corrected chi connectivity index (χ0v) is 12.4. The normalized spacial score (nSPS) is 10.7. The van der Waals surface area contributed by atoms with Crippen LogP contribution in [0.15, 0.2) is 12.4 Å². The quantitative estimate of drug-likeness (QED) is 0.835. The van der Waals surface area contributed by atoms with Crippen molar-refractivity contribution in [1.82, 2.24) is 19.6 Å². The van der Waals surface area contributed by atoms with Crippen LogP contribution < -0.4 is 10.6 Å². The van der Waals surface area contributed by atoms with Gasteiger partial charge in [-0.3, -0.25) is 9.36 Å². The minimum absolute atomic E-state index is 0.374. The highest BCUT2D eigenvalue weighted by atomic mass is 32.1. The average molecular weight is 278 g/mol. The molecular formula is C12H18N6S. The minimum Gasteiger partial charge on any atom is -0.389 e. The lowest BCUT2D eigenvalue weighted by Gasteiger charge is -2.20.